The Morgan fingerprint density at radius 1 is 1.36 bits per heavy atom. The molecule has 2 aliphatic rings. The Bertz CT molecular complexity index is 742. The van der Waals surface area contributed by atoms with Gasteiger partial charge in [-0.3, -0.25) is 4.79 Å². The van der Waals surface area contributed by atoms with Gasteiger partial charge in [-0.05, 0) is 30.7 Å². The number of fused-ring (bicyclic) bond motifs is 2. The van der Waals surface area contributed by atoms with Crippen molar-refractivity contribution in [3.8, 4) is 0 Å². The zero-order valence-corrected chi connectivity index (χ0v) is 12.1. The number of anilines is 2. The van der Waals surface area contributed by atoms with Gasteiger partial charge in [-0.25, -0.2) is 9.97 Å². The maximum atomic E-state index is 12.6. The molecule has 2 aromatic heterocycles. The van der Waals surface area contributed by atoms with Crippen molar-refractivity contribution in [3.05, 3.63) is 47.8 Å². The number of aromatic nitrogens is 2. The van der Waals surface area contributed by atoms with Crippen LogP contribution < -0.4 is 16.0 Å². The number of hydrogen-bond donors (Lipinski definition) is 2. The summed E-state index contributed by atoms with van der Waals surface area (Å²) in [6, 6.07) is 9.97. The number of ketones is 1. The molecule has 0 aromatic carbocycles. The monoisotopic (exact) mass is 299 g/mol. The Morgan fingerprint density at radius 2 is 2.27 bits per heavy atom. The van der Waals surface area contributed by atoms with Crippen LogP contribution in [0, 0.1) is 0 Å². The third-order valence-corrected chi connectivity index (χ3v) is 4.40. The smallest absolute Gasteiger partial charge is 0.215 e. The van der Waals surface area contributed by atoms with E-state index in [2.05, 4.69) is 20.2 Å². The molecule has 22 heavy (non-hydrogen) atoms. The van der Waals surface area contributed by atoms with Gasteiger partial charge < -0.3 is 16.0 Å². The van der Waals surface area contributed by atoms with Crippen molar-refractivity contribution in [2.75, 3.05) is 23.7 Å². The lowest BCUT2D eigenvalue weighted by Gasteiger charge is -2.28. The number of nitrogens with one attached hydrogen (secondary N) is 1. The minimum atomic E-state index is -0.185. The normalized spacial score (nSPS) is 23.0. The fourth-order valence-corrected chi connectivity index (χ4v) is 3.30. The van der Waals surface area contributed by atoms with Gasteiger partial charge in [0.15, 0.2) is 0 Å². The largest absolute Gasteiger partial charge is 0.383 e. The van der Waals surface area contributed by atoms with Gasteiger partial charge >= 0.3 is 0 Å². The average Bonchev–Trinajstić information content (AvgIpc) is 3.18. The van der Waals surface area contributed by atoms with Gasteiger partial charge in [-0.1, -0.05) is 6.07 Å². The number of nitrogens with zero attached hydrogens (tertiary/aromatic N) is 3. The first-order valence-electron chi connectivity index (χ1n) is 7.44. The highest BCUT2D eigenvalue weighted by molar-refractivity contribution is 6.10. The molecular weight excluding hydrogens is 278 g/mol. The van der Waals surface area contributed by atoms with Gasteiger partial charge in [-0.2, -0.15) is 0 Å². The quantitative estimate of drug-likeness (QED) is 0.832. The summed E-state index contributed by atoms with van der Waals surface area (Å²) in [6.07, 6.45) is 2.72. The molecule has 0 aliphatic carbocycles. The summed E-state index contributed by atoms with van der Waals surface area (Å²) in [5.41, 5.74) is 6.60. The molecule has 6 heteroatoms. The molecule has 0 spiro atoms. The summed E-state index contributed by atoms with van der Waals surface area (Å²) in [7, 11) is 0. The summed E-state index contributed by atoms with van der Waals surface area (Å²) in [5, 5.41) is 3.47. The molecule has 6 nitrogen and oxygen atoms in total. The molecule has 4 heterocycles. The highest BCUT2D eigenvalue weighted by atomic mass is 16.1. The van der Waals surface area contributed by atoms with Gasteiger partial charge in [-0.15, -0.1) is 0 Å². The molecule has 116 valence electrons. The zero-order valence-electron chi connectivity index (χ0n) is 12.1. The minimum Gasteiger partial charge on any atom is -0.383 e. The predicted octanol–water partition coefficient (Wildman–Crippen LogP) is 1.33. The maximum Gasteiger partial charge on any atom is 0.215 e. The molecule has 3 N–H and O–H groups in total. The highest BCUT2D eigenvalue weighted by Gasteiger charge is 2.38. The fraction of sp³-hybridized carbons (Fsp3) is 0.312. The number of hydrogen-bond acceptors (Lipinski definition) is 6. The van der Waals surface area contributed by atoms with Crippen LogP contribution in [-0.4, -0.2) is 40.9 Å². The number of nitrogen functional groups attached to an aromatic ring is 1. The number of pyridine rings is 2. The maximum absolute atomic E-state index is 12.6. The lowest BCUT2D eigenvalue weighted by molar-refractivity contribution is 0.103. The fourth-order valence-electron chi connectivity index (χ4n) is 3.30. The molecular formula is C16H21N5O. The average molecular weight is 299 g/mol. The van der Waals surface area contributed by atoms with E-state index in [-0.39, 0.29) is 14.5 Å². The van der Waals surface area contributed by atoms with Gasteiger partial charge in [0.25, 0.3) is 0 Å². The number of rotatable bonds is 3. The molecule has 2 bridgehead atoms. The Balaban J connectivity index is 0.00000104. The Kier molecular flexibility index (Phi) is 3.04. The Hall–Kier alpha value is -2.47. The molecule has 2 aliphatic heterocycles. The van der Waals surface area contributed by atoms with Gasteiger partial charge in [0.2, 0.25) is 5.78 Å². The van der Waals surface area contributed by atoms with Crippen molar-refractivity contribution >= 4 is 17.4 Å². The lowest BCUT2D eigenvalue weighted by Crippen LogP contribution is -2.44. The Morgan fingerprint density at radius 3 is 3.00 bits per heavy atom. The van der Waals surface area contributed by atoms with E-state index in [0.717, 1.165) is 25.3 Å². The van der Waals surface area contributed by atoms with Crippen molar-refractivity contribution in [2.24, 2.45) is 0 Å². The molecule has 2 aromatic rings. The molecule has 2 fully saturated rings. The summed E-state index contributed by atoms with van der Waals surface area (Å²) < 4.78 is 0. The van der Waals surface area contributed by atoms with E-state index in [1.807, 2.05) is 12.1 Å². The van der Waals surface area contributed by atoms with E-state index < -0.39 is 0 Å². The molecule has 0 radical (unpaired) electrons. The first-order valence-corrected chi connectivity index (χ1v) is 7.44. The summed E-state index contributed by atoms with van der Waals surface area (Å²) in [5.74, 6) is 0.918. The number of carbonyl (C=O) groups excluding carboxylic acids is 1. The third kappa shape index (κ3) is 2.12. The second kappa shape index (κ2) is 5.06. The molecule has 0 amide bonds. The van der Waals surface area contributed by atoms with E-state index in [1.54, 1.807) is 24.4 Å². The van der Waals surface area contributed by atoms with Crippen molar-refractivity contribution in [1.82, 2.24) is 15.3 Å². The standard InChI is InChI=1S/C16H17N5O.2H2/c17-16-12(3-2-6-18-16)15(22)13-4-1-5-14(20-13)21-9-10-7-11(21)8-19-10;;/h1-6,10-11,19H,7-9H2,(H2,17,18);2*1H/t10-,11-;;/m1../s1. The third-order valence-electron chi connectivity index (χ3n) is 4.40. The van der Waals surface area contributed by atoms with Crippen LogP contribution in [0.4, 0.5) is 11.6 Å². The molecule has 0 saturated carbocycles. The molecule has 4 rings (SSSR count). The number of nitrogens with two attached hydrogens (primary N) is 1. The van der Waals surface area contributed by atoms with Crippen LogP contribution in [0.5, 0.6) is 0 Å². The van der Waals surface area contributed by atoms with E-state index in [4.69, 9.17) is 5.73 Å². The van der Waals surface area contributed by atoms with Crippen LogP contribution in [0.15, 0.2) is 36.5 Å². The van der Waals surface area contributed by atoms with Crippen LogP contribution in [0.25, 0.3) is 0 Å². The summed E-state index contributed by atoms with van der Waals surface area (Å²) in [6.45, 7) is 1.93. The van der Waals surface area contributed by atoms with Crippen LogP contribution in [0.1, 0.15) is 25.3 Å². The second-order valence-corrected chi connectivity index (χ2v) is 5.79. The van der Waals surface area contributed by atoms with E-state index in [9.17, 15) is 4.79 Å². The molecule has 2 atom stereocenters. The Labute approximate surface area is 131 Å². The minimum absolute atomic E-state index is 0. The highest BCUT2D eigenvalue weighted by Crippen LogP contribution is 2.28. The first kappa shape index (κ1) is 13.2. The van der Waals surface area contributed by atoms with Crippen LogP contribution >= 0.6 is 0 Å². The second-order valence-electron chi connectivity index (χ2n) is 5.79. The predicted molar refractivity (Wildman–Crippen MR) is 88.1 cm³/mol. The lowest BCUT2D eigenvalue weighted by atomic mass is 10.1. The van der Waals surface area contributed by atoms with Crippen molar-refractivity contribution in [3.63, 3.8) is 0 Å². The van der Waals surface area contributed by atoms with Gasteiger partial charge in [0.1, 0.15) is 17.3 Å². The van der Waals surface area contributed by atoms with Gasteiger partial charge in [0, 0.05) is 34.2 Å². The molecule has 2 saturated heterocycles. The van der Waals surface area contributed by atoms with E-state index in [0.29, 0.717) is 23.3 Å². The van der Waals surface area contributed by atoms with E-state index >= 15 is 0 Å². The van der Waals surface area contributed by atoms with Crippen LogP contribution in [-0.2, 0) is 0 Å². The molecule has 0 unspecified atom stereocenters. The zero-order chi connectivity index (χ0) is 15.1. The van der Waals surface area contributed by atoms with Crippen LogP contribution in [0.2, 0.25) is 0 Å². The van der Waals surface area contributed by atoms with Crippen molar-refractivity contribution < 1.29 is 7.65 Å². The summed E-state index contributed by atoms with van der Waals surface area (Å²) in [4.78, 5) is 23.4. The first-order chi connectivity index (χ1) is 10.7. The number of carbonyl (C=O) groups is 1. The number of piperazine rings is 1. The van der Waals surface area contributed by atoms with E-state index in [1.165, 1.54) is 0 Å². The SMILES string of the molecule is Nc1ncccc1C(=O)c1cccc(N2C[C@H]3C[C@@H]2CN3)n1.[HH].[HH]. The topological polar surface area (TPSA) is 84.1 Å². The van der Waals surface area contributed by atoms with Gasteiger partial charge in [0.05, 0.1) is 5.56 Å². The van der Waals surface area contributed by atoms with Crippen LogP contribution in [0.3, 0.4) is 0 Å². The van der Waals surface area contributed by atoms with Crippen molar-refractivity contribution in [1.29, 1.82) is 0 Å². The summed E-state index contributed by atoms with van der Waals surface area (Å²) >= 11 is 0. The van der Waals surface area contributed by atoms with Crippen molar-refractivity contribution in [2.45, 2.75) is 18.5 Å².